The lowest BCUT2D eigenvalue weighted by Gasteiger charge is -2.22. The molecule has 0 aliphatic rings. The summed E-state index contributed by atoms with van der Waals surface area (Å²) >= 11 is 1.47. The number of hydrogen-bond acceptors (Lipinski definition) is 6. The number of unbranched alkanes of at least 4 members (excludes halogenated alkanes) is 2. The summed E-state index contributed by atoms with van der Waals surface area (Å²) in [4.78, 5) is 24.9. The number of carbonyl (C=O) groups is 1. The summed E-state index contributed by atoms with van der Waals surface area (Å²) in [5.41, 5.74) is 4.20. The van der Waals surface area contributed by atoms with E-state index in [1.54, 1.807) is 27.5 Å². The fourth-order valence-electron chi connectivity index (χ4n) is 4.45. The highest BCUT2D eigenvalue weighted by atomic mass is 32.2. The number of aryl methyl sites for hydroxylation is 2. The van der Waals surface area contributed by atoms with Gasteiger partial charge in [-0.3, -0.25) is 14.7 Å². The van der Waals surface area contributed by atoms with Crippen LogP contribution in [0.4, 0.5) is 5.13 Å². The van der Waals surface area contributed by atoms with E-state index in [0.717, 1.165) is 52.7 Å². The third-order valence-electron chi connectivity index (χ3n) is 6.60. The van der Waals surface area contributed by atoms with Crippen LogP contribution in [0.5, 0.6) is 0 Å². The highest BCUT2D eigenvalue weighted by Gasteiger charge is 2.26. The van der Waals surface area contributed by atoms with E-state index in [1.807, 2.05) is 32.0 Å². The molecule has 0 aliphatic carbocycles. The van der Waals surface area contributed by atoms with Crippen LogP contribution in [-0.2, 0) is 16.6 Å². The molecule has 0 saturated carbocycles. The first-order chi connectivity index (χ1) is 18.7. The minimum absolute atomic E-state index is 0.202. The molecule has 2 aromatic carbocycles. The van der Waals surface area contributed by atoms with Crippen molar-refractivity contribution in [2.45, 2.75) is 64.8 Å². The number of amides is 1. The van der Waals surface area contributed by atoms with Gasteiger partial charge in [-0.25, -0.2) is 13.4 Å². The topological polar surface area (TPSA) is 83.5 Å². The number of rotatable bonds is 12. The average molecular weight is 565 g/mol. The van der Waals surface area contributed by atoms with E-state index in [0.29, 0.717) is 23.8 Å². The number of aromatic nitrogens is 2. The van der Waals surface area contributed by atoms with Crippen molar-refractivity contribution in [3.63, 3.8) is 0 Å². The number of benzene rings is 2. The van der Waals surface area contributed by atoms with Gasteiger partial charge >= 0.3 is 0 Å². The van der Waals surface area contributed by atoms with Crippen molar-refractivity contribution in [2.24, 2.45) is 0 Å². The Kier molecular flexibility index (Phi) is 9.48. The monoisotopic (exact) mass is 564 g/mol. The molecule has 0 saturated heterocycles. The fraction of sp³-hybridized carbons (Fsp3) is 0.367. The first-order valence-corrected chi connectivity index (χ1v) is 15.7. The van der Waals surface area contributed by atoms with Gasteiger partial charge in [0.05, 0.1) is 27.4 Å². The van der Waals surface area contributed by atoms with Crippen LogP contribution in [0.1, 0.15) is 66.7 Å². The fourth-order valence-corrected chi connectivity index (χ4v) is 7.11. The lowest BCUT2D eigenvalue weighted by molar-refractivity contribution is 0.0984. The minimum Gasteiger partial charge on any atom is -0.278 e. The highest BCUT2D eigenvalue weighted by molar-refractivity contribution is 7.89. The van der Waals surface area contributed by atoms with E-state index in [-0.39, 0.29) is 17.3 Å². The molecule has 2 heterocycles. The Morgan fingerprint density at radius 2 is 1.64 bits per heavy atom. The molecule has 1 amide bonds. The highest BCUT2D eigenvalue weighted by Crippen LogP contribution is 2.33. The van der Waals surface area contributed by atoms with Crippen LogP contribution in [0.15, 0.2) is 65.7 Å². The number of pyridine rings is 1. The number of carbonyl (C=O) groups excluding carboxylic acids is 1. The standard InChI is InChI=1S/C30H36N4O3S2/c1-5-7-17-33(18-8-6-2)39(36,37)26-14-12-24(13-15-26)29(35)34(21-25-11-9-10-16-31-25)30-32-28-23(4)19-22(3)20-27(28)38-30/h9-16,19-20H,5-8,17-18,21H2,1-4H3. The van der Waals surface area contributed by atoms with E-state index < -0.39 is 10.0 Å². The molecule has 7 nitrogen and oxygen atoms in total. The lowest BCUT2D eigenvalue weighted by atomic mass is 10.1. The van der Waals surface area contributed by atoms with Crippen molar-refractivity contribution in [2.75, 3.05) is 18.0 Å². The minimum atomic E-state index is -3.65. The van der Waals surface area contributed by atoms with Gasteiger partial charge in [0.25, 0.3) is 5.91 Å². The van der Waals surface area contributed by atoms with Gasteiger partial charge < -0.3 is 0 Å². The predicted molar refractivity (Wildman–Crippen MR) is 159 cm³/mol. The molecule has 0 bridgehead atoms. The second-order valence-corrected chi connectivity index (χ2v) is 12.7. The van der Waals surface area contributed by atoms with Gasteiger partial charge in [0, 0.05) is 24.8 Å². The largest absolute Gasteiger partial charge is 0.278 e. The van der Waals surface area contributed by atoms with Crippen molar-refractivity contribution >= 4 is 42.6 Å². The van der Waals surface area contributed by atoms with Crippen LogP contribution in [-0.4, -0.2) is 41.7 Å². The molecule has 0 radical (unpaired) electrons. The summed E-state index contributed by atoms with van der Waals surface area (Å²) in [6.45, 7) is 9.41. The lowest BCUT2D eigenvalue weighted by Crippen LogP contribution is -2.33. The van der Waals surface area contributed by atoms with Gasteiger partial charge in [0.2, 0.25) is 10.0 Å². The van der Waals surface area contributed by atoms with Crippen LogP contribution >= 0.6 is 11.3 Å². The van der Waals surface area contributed by atoms with E-state index >= 15 is 0 Å². The molecule has 0 atom stereocenters. The summed E-state index contributed by atoms with van der Waals surface area (Å²) < 4.78 is 29.4. The molecular formula is C30H36N4O3S2. The quantitative estimate of drug-likeness (QED) is 0.190. The van der Waals surface area contributed by atoms with Gasteiger partial charge in [-0.15, -0.1) is 0 Å². The zero-order valence-electron chi connectivity index (χ0n) is 23.1. The molecule has 0 N–H and O–H groups in total. The van der Waals surface area contributed by atoms with E-state index in [1.165, 1.54) is 23.5 Å². The zero-order valence-corrected chi connectivity index (χ0v) is 24.7. The van der Waals surface area contributed by atoms with Gasteiger partial charge in [-0.1, -0.05) is 50.2 Å². The third kappa shape index (κ3) is 6.72. The molecule has 0 aliphatic heterocycles. The smallest absolute Gasteiger partial charge is 0.260 e. The number of thiazole rings is 1. The SMILES string of the molecule is CCCCN(CCCC)S(=O)(=O)c1ccc(C(=O)N(Cc2ccccn2)c2nc3c(C)cc(C)cc3s2)cc1. The third-order valence-corrected chi connectivity index (χ3v) is 9.54. The molecule has 206 valence electrons. The number of hydrogen-bond donors (Lipinski definition) is 0. The summed E-state index contributed by atoms with van der Waals surface area (Å²) in [5, 5.41) is 0.580. The van der Waals surface area contributed by atoms with Crippen molar-refractivity contribution in [3.8, 4) is 0 Å². The Morgan fingerprint density at radius 3 is 2.26 bits per heavy atom. The van der Waals surface area contributed by atoms with Crippen LogP contribution in [0, 0.1) is 13.8 Å². The van der Waals surface area contributed by atoms with E-state index in [4.69, 9.17) is 4.98 Å². The van der Waals surface area contributed by atoms with Crippen LogP contribution in [0.2, 0.25) is 0 Å². The number of fused-ring (bicyclic) bond motifs is 1. The Bertz CT molecular complexity index is 1510. The Balaban J connectivity index is 1.67. The van der Waals surface area contributed by atoms with Gasteiger partial charge in [0.1, 0.15) is 0 Å². The Labute approximate surface area is 235 Å². The average Bonchev–Trinajstić information content (AvgIpc) is 3.36. The van der Waals surface area contributed by atoms with Crippen LogP contribution in [0.25, 0.3) is 10.2 Å². The van der Waals surface area contributed by atoms with Gasteiger partial charge in [-0.05, 0) is 80.3 Å². The molecule has 4 rings (SSSR count). The molecule has 4 aromatic rings. The normalized spacial score (nSPS) is 11.8. The van der Waals surface area contributed by atoms with Crippen LogP contribution in [0.3, 0.4) is 0 Å². The summed E-state index contributed by atoms with van der Waals surface area (Å²) in [6.07, 6.45) is 5.16. The van der Waals surface area contributed by atoms with Crippen LogP contribution < -0.4 is 4.90 Å². The van der Waals surface area contributed by atoms with Crippen molar-refractivity contribution in [1.82, 2.24) is 14.3 Å². The molecular weight excluding hydrogens is 528 g/mol. The van der Waals surface area contributed by atoms with Gasteiger partial charge in [-0.2, -0.15) is 4.31 Å². The summed E-state index contributed by atoms with van der Waals surface area (Å²) in [5.74, 6) is -0.258. The molecule has 0 unspecified atom stereocenters. The first kappa shape index (κ1) is 28.9. The summed E-state index contributed by atoms with van der Waals surface area (Å²) in [6, 6.07) is 16.0. The Morgan fingerprint density at radius 1 is 0.949 bits per heavy atom. The van der Waals surface area contributed by atoms with E-state index in [2.05, 4.69) is 31.0 Å². The molecule has 0 spiro atoms. The van der Waals surface area contributed by atoms with Crippen molar-refractivity contribution in [3.05, 3.63) is 83.2 Å². The molecule has 0 fully saturated rings. The van der Waals surface area contributed by atoms with Crippen molar-refractivity contribution in [1.29, 1.82) is 0 Å². The molecule has 9 heteroatoms. The molecule has 39 heavy (non-hydrogen) atoms. The first-order valence-electron chi connectivity index (χ1n) is 13.4. The van der Waals surface area contributed by atoms with Gasteiger partial charge in [0.15, 0.2) is 5.13 Å². The maximum atomic E-state index is 13.9. The zero-order chi connectivity index (χ0) is 28.0. The number of nitrogens with zero attached hydrogens (tertiary/aromatic N) is 4. The maximum Gasteiger partial charge on any atom is 0.260 e. The predicted octanol–water partition coefficient (Wildman–Crippen LogP) is 6.75. The molecule has 2 aromatic heterocycles. The van der Waals surface area contributed by atoms with E-state index in [9.17, 15) is 13.2 Å². The van der Waals surface area contributed by atoms with Crippen molar-refractivity contribution < 1.29 is 13.2 Å². The number of sulfonamides is 1. The second kappa shape index (κ2) is 12.8. The second-order valence-electron chi connectivity index (χ2n) is 9.77. The number of anilines is 1. The summed E-state index contributed by atoms with van der Waals surface area (Å²) in [7, 11) is -3.65. The Hall–Kier alpha value is -3.14. The maximum absolute atomic E-state index is 13.9.